The number of amidine groups is 2. The van der Waals surface area contributed by atoms with Gasteiger partial charge in [0.1, 0.15) is 24.0 Å². The predicted octanol–water partition coefficient (Wildman–Crippen LogP) is 5.19. The Bertz CT molecular complexity index is 1250. The van der Waals surface area contributed by atoms with Gasteiger partial charge in [-0.25, -0.2) is 0 Å². The zero-order valence-corrected chi connectivity index (χ0v) is 21.1. The first-order chi connectivity index (χ1) is 16.9. The van der Waals surface area contributed by atoms with E-state index >= 15 is 0 Å². The van der Waals surface area contributed by atoms with Gasteiger partial charge in [-0.15, -0.1) is 0 Å². The molecule has 2 aromatic carbocycles. The number of fused-ring (bicyclic) bond motifs is 1. The smallest absolute Gasteiger partial charge is 0.283 e. The Morgan fingerprint density at radius 3 is 2.60 bits per heavy atom. The number of ether oxygens (including phenoxy) is 3. The Balaban J connectivity index is 1.43. The van der Waals surface area contributed by atoms with Crippen LogP contribution >= 0.6 is 11.8 Å². The third kappa shape index (κ3) is 5.57. The number of methoxy groups -OCH3 is 1. The van der Waals surface area contributed by atoms with Gasteiger partial charge in [-0.3, -0.25) is 10.2 Å². The second-order valence-electron chi connectivity index (χ2n) is 8.12. The summed E-state index contributed by atoms with van der Waals surface area (Å²) in [5, 5.41) is 15.6. The van der Waals surface area contributed by atoms with Crippen LogP contribution in [-0.2, 0) is 4.79 Å². The molecule has 0 fully saturated rings. The summed E-state index contributed by atoms with van der Waals surface area (Å²) < 4.78 is 17.1. The summed E-state index contributed by atoms with van der Waals surface area (Å²) in [6.45, 7) is 6.90. The van der Waals surface area contributed by atoms with E-state index in [0.29, 0.717) is 35.4 Å². The summed E-state index contributed by atoms with van der Waals surface area (Å²) >= 11 is 1.34. The van der Waals surface area contributed by atoms with Crippen LogP contribution in [0.4, 0.5) is 0 Å². The van der Waals surface area contributed by atoms with Crippen LogP contribution in [0.15, 0.2) is 52.1 Å². The van der Waals surface area contributed by atoms with Crippen LogP contribution < -0.4 is 14.2 Å². The van der Waals surface area contributed by atoms with Crippen molar-refractivity contribution in [2.75, 3.05) is 20.3 Å². The number of nitrogens with one attached hydrogen (secondary N) is 1. The number of carbonyl (C=O) groups excluding carboxylic acids is 1. The van der Waals surface area contributed by atoms with Crippen molar-refractivity contribution in [3.63, 3.8) is 0 Å². The average Bonchev–Trinajstić information content (AvgIpc) is 3.25. The van der Waals surface area contributed by atoms with Crippen LogP contribution in [0.25, 0.3) is 6.08 Å². The van der Waals surface area contributed by atoms with E-state index in [2.05, 4.69) is 30.9 Å². The quantitative estimate of drug-likeness (QED) is 0.382. The molecule has 0 aromatic heterocycles. The molecule has 4 rings (SSSR count). The number of aliphatic imine (C=N–C) groups is 1. The normalized spacial score (nSPS) is 16.2. The van der Waals surface area contributed by atoms with Gasteiger partial charge in [0, 0.05) is 0 Å². The Morgan fingerprint density at radius 2 is 1.86 bits per heavy atom. The van der Waals surface area contributed by atoms with E-state index in [4.69, 9.17) is 19.6 Å². The minimum absolute atomic E-state index is 0.0152. The van der Waals surface area contributed by atoms with Crippen LogP contribution in [-0.4, -0.2) is 47.3 Å². The number of amides is 1. The second-order valence-corrected chi connectivity index (χ2v) is 9.16. The van der Waals surface area contributed by atoms with Gasteiger partial charge < -0.3 is 14.2 Å². The Morgan fingerprint density at radius 1 is 1.06 bits per heavy atom. The van der Waals surface area contributed by atoms with Crippen molar-refractivity contribution in [3.05, 3.63) is 58.7 Å². The maximum absolute atomic E-state index is 12.6. The fourth-order valence-electron chi connectivity index (χ4n) is 3.52. The van der Waals surface area contributed by atoms with Crippen LogP contribution in [0.2, 0.25) is 0 Å². The second kappa shape index (κ2) is 10.8. The largest absolute Gasteiger partial charge is 0.493 e. The third-order valence-electron chi connectivity index (χ3n) is 5.55. The van der Waals surface area contributed by atoms with Crippen LogP contribution in [0.1, 0.15) is 36.5 Å². The van der Waals surface area contributed by atoms with Gasteiger partial charge in [-0.05, 0) is 85.5 Å². The number of carbonyl (C=O) groups is 1. The van der Waals surface area contributed by atoms with Crippen molar-refractivity contribution in [1.82, 2.24) is 5.01 Å². The minimum atomic E-state index is -0.454. The highest BCUT2D eigenvalue weighted by Gasteiger charge is 2.35. The first kappa shape index (κ1) is 24.5. The van der Waals surface area contributed by atoms with Gasteiger partial charge >= 0.3 is 0 Å². The zero-order chi connectivity index (χ0) is 24.9. The Labute approximate surface area is 209 Å². The lowest BCUT2D eigenvalue weighted by molar-refractivity contribution is -0.114. The summed E-state index contributed by atoms with van der Waals surface area (Å²) in [7, 11) is 1.56. The molecule has 0 radical (unpaired) electrons. The molecule has 35 heavy (non-hydrogen) atoms. The van der Waals surface area contributed by atoms with Crippen molar-refractivity contribution in [2.24, 2.45) is 10.1 Å². The molecule has 1 N–H and O–H groups in total. The van der Waals surface area contributed by atoms with Gasteiger partial charge in [0.25, 0.3) is 5.91 Å². The highest BCUT2D eigenvalue weighted by atomic mass is 32.2. The molecule has 2 aromatic rings. The molecule has 9 heteroatoms. The Kier molecular flexibility index (Phi) is 7.55. The van der Waals surface area contributed by atoms with Gasteiger partial charge in [0.15, 0.2) is 17.3 Å². The molecule has 0 bridgehead atoms. The molecule has 2 aliphatic heterocycles. The molecule has 0 aliphatic carbocycles. The van der Waals surface area contributed by atoms with Crippen molar-refractivity contribution >= 4 is 39.8 Å². The molecule has 8 nitrogen and oxygen atoms in total. The topological polar surface area (TPSA) is 96.6 Å². The van der Waals surface area contributed by atoms with Gasteiger partial charge in [0.2, 0.25) is 5.17 Å². The SMILES string of the molecule is CCCC1=NN2C(=N)C(=Cc3ccc(OCCOc4ccc(C)c(C)c4)c(OC)c3)C(=O)N=C2S1. The fourth-order valence-corrected chi connectivity index (χ4v) is 4.51. The first-order valence-corrected chi connectivity index (χ1v) is 12.2. The molecule has 0 saturated carbocycles. The maximum atomic E-state index is 12.6. The third-order valence-corrected chi connectivity index (χ3v) is 6.52. The van der Waals surface area contributed by atoms with Gasteiger partial charge in [-0.2, -0.15) is 15.1 Å². The lowest BCUT2D eigenvalue weighted by atomic mass is 10.1. The number of nitrogens with zero attached hydrogens (tertiary/aromatic N) is 3. The van der Waals surface area contributed by atoms with Crippen LogP contribution in [0.3, 0.4) is 0 Å². The number of hydrogen-bond acceptors (Lipinski definition) is 7. The van der Waals surface area contributed by atoms with Gasteiger partial charge in [-0.1, -0.05) is 19.1 Å². The summed E-state index contributed by atoms with van der Waals surface area (Å²) in [4.78, 5) is 16.7. The summed E-state index contributed by atoms with van der Waals surface area (Å²) in [6.07, 6.45) is 3.34. The lowest BCUT2D eigenvalue weighted by Crippen LogP contribution is -2.35. The van der Waals surface area contributed by atoms with Crippen molar-refractivity contribution < 1.29 is 19.0 Å². The molecule has 0 unspecified atom stereocenters. The van der Waals surface area contributed by atoms with E-state index in [1.165, 1.54) is 27.9 Å². The summed E-state index contributed by atoms with van der Waals surface area (Å²) in [5.74, 6) is 1.45. The molecule has 2 aliphatic rings. The standard InChI is InChI=1S/C26H28N4O4S/c1-5-6-23-29-30-24(27)20(25(31)28-26(30)35-23)14-18-8-10-21(22(15-18)32-4)34-12-11-33-19-9-7-16(2)17(3)13-19/h7-10,13-15,27H,5-6,11-12H2,1-4H3. The van der Waals surface area contributed by atoms with Crippen molar-refractivity contribution in [2.45, 2.75) is 33.6 Å². The Hall–Kier alpha value is -3.59. The first-order valence-electron chi connectivity index (χ1n) is 11.4. The zero-order valence-electron chi connectivity index (χ0n) is 20.3. The van der Waals surface area contributed by atoms with E-state index in [0.717, 1.165) is 23.6 Å². The van der Waals surface area contributed by atoms with Crippen molar-refractivity contribution in [3.8, 4) is 17.2 Å². The maximum Gasteiger partial charge on any atom is 0.283 e. The molecule has 2 heterocycles. The number of aryl methyl sites for hydroxylation is 2. The number of hydrogen-bond donors (Lipinski definition) is 1. The molecule has 0 spiro atoms. The van der Waals surface area contributed by atoms with E-state index < -0.39 is 5.91 Å². The minimum Gasteiger partial charge on any atom is -0.493 e. The number of rotatable bonds is 9. The lowest BCUT2D eigenvalue weighted by Gasteiger charge is -2.20. The number of hydrazone groups is 1. The molecule has 0 atom stereocenters. The molecule has 1 amide bonds. The van der Waals surface area contributed by atoms with Crippen molar-refractivity contribution in [1.29, 1.82) is 5.41 Å². The summed E-state index contributed by atoms with van der Waals surface area (Å²) in [5.41, 5.74) is 3.27. The molecular formula is C26H28N4O4S. The molecule has 182 valence electrons. The van der Waals surface area contributed by atoms with E-state index in [1.54, 1.807) is 31.4 Å². The monoisotopic (exact) mass is 492 g/mol. The van der Waals surface area contributed by atoms with Crippen LogP contribution in [0, 0.1) is 19.3 Å². The summed E-state index contributed by atoms with van der Waals surface area (Å²) in [6, 6.07) is 11.3. The van der Waals surface area contributed by atoms with Crippen LogP contribution in [0.5, 0.6) is 17.2 Å². The van der Waals surface area contributed by atoms with Gasteiger partial charge in [0.05, 0.1) is 12.7 Å². The fraction of sp³-hybridized carbons (Fsp3) is 0.308. The molecular weight excluding hydrogens is 464 g/mol. The average molecular weight is 493 g/mol. The van der Waals surface area contributed by atoms with E-state index in [9.17, 15) is 4.79 Å². The van der Waals surface area contributed by atoms with E-state index in [-0.39, 0.29) is 11.4 Å². The predicted molar refractivity (Wildman–Crippen MR) is 140 cm³/mol. The highest BCUT2D eigenvalue weighted by molar-refractivity contribution is 8.26. The number of benzene rings is 2. The number of thioether (sulfide) groups is 1. The van der Waals surface area contributed by atoms with E-state index in [1.807, 2.05) is 18.2 Å². The highest BCUT2D eigenvalue weighted by Crippen LogP contribution is 2.32. The molecule has 0 saturated heterocycles.